The smallest absolute Gasteiger partial charge is 0.250 e. The number of hydrogen-bond acceptors (Lipinski definition) is 6. The van der Waals surface area contributed by atoms with E-state index in [9.17, 15) is 19.5 Å². The summed E-state index contributed by atoms with van der Waals surface area (Å²) in [4.78, 5) is 44.2. The second-order valence-corrected chi connectivity index (χ2v) is 12.6. The number of carbonyl (C=O) groups is 3. The Morgan fingerprint density at radius 1 is 1.09 bits per heavy atom. The first kappa shape index (κ1) is 31.3. The summed E-state index contributed by atoms with van der Waals surface area (Å²) in [6.45, 7) is 8.70. The molecule has 3 heterocycles. The van der Waals surface area contributed by atoms with E-state index >= 15 is 0 Å². The number of fused-ring (bicyclic) bond motifs is 1. The number of likely N-dealkylation sites (tertiary alicyclic amines) is 1. The molecule has 2 aromatic rings. The monoisotopic (exact) mass is 611 g/mol. The highest BCUT2D eigenvalue weighted by atomic mass is 35.5. The fraction of sp³-hybridized carbons (Fsp3) is 0.545. The lowest BCUT2D eigenvalue weighted by Crippen LogP contribution is -2.54. The molecule has 3 aliphatic rings. The number of nitrogens with one attached hydrogen (secondary N) is 2. The topological polar surface area (TPSA) is 117 Å². The number of aryl methyl sites for hydroxylation is 1. The molecule has 0 saturated carbocycles. The van der Waals surface area contributed by atoms with Gasteiger partial charge in [0.25, 0.3) is 0 Å². The molecule has 9 nitrogen and oxygen atoms in total. The SMILES string of the molecule is CCOc1ccc(NC(=O)[C@@H]2[C@H]3C(=O)N(CCCCCCO)C(C(=O)Nc4c(C)cccc4Cl)C34CC(C)[C@@]2(C)O4)cc1. The maximum atomic E-state index is 14.3. The van der Waals surface area contributed by atoms with Gasteiger partial charge in [-0.3, -0.25) is 14.4 Å². The molecule has 1 spiro atoms. The van der Waals surface area contributed by atoms with Crippen LogP contribution in [0.3, 0.4) is 0 Å². The second-order valence-electron chi connectivity index (χ2n) is 12.2. The number of anilines is 2. The zero-order chi connectivity index (χ0) is 30.9. The Balaban J connectivity index is 1.47. The average Bonchev–Trinajstić information content (AvgIpc) is 3.48. The normalized spacial score (nSPS) is 29.1. The zero-order valence-electron chi connectivity index (χ0n) is 25.3. The van der Waals surface area contributed by atoms with Gasteiger partial charge in [0.2, 0.25) is 17.7 Å². The minimum Gasteiger partial charge on any atom is -0.494 e. The summed E-state index contributed by atoms with van der Waals surface area (Å²) in [5.74, 6) is -1.87. The van der Waals surface area contributed by atoms with Gasteiger partial charge >= 0.3 is 0 Å². The number of benzene rings is 2. The van der Waals surface area contributed by atoms with Gasteiger partial charge < -0.3 is 30.1 Å². The number of ether oxygens (including phenoxy) is 2. The molecule has 2 aromatic carbocycles. The van der Waals surface area contributed by atoms with Crippen molar-refractivity contribution in [3.8, 4) is 5.75 Å². The maximum Gasteiger partial charge on any atom is 0.250 e. The minimum absolute atomic E-state index is 0.0746. The van der Waals surface area contributed by atoms with E-state index in [1.165, 1.54) is 0 Å². The van der Waals surface area contributed by atoms with Crippen molar-refractivity contribution in [3.63, 3.8) is 0 Å². The fourth-order valence-electron chi connectivity index (χ4n) is 7.43. The third kappa shape index (κ3) is 5.51. The summed E-state index contributed by atoms with van der Waals surface area (Å²) in [5.41, 5.74) is -0.186. The number of para-hydroxylation sites is 1. The van der Waals surface area contributed by atoms with Gasteiger partial charge in [-0.15, -0.1) is 0 Å². The molecule has 0 aromatic heterocycles. The molecule has 10 heteroatoms. The molecule has 3 saturated heterocycles. The molecule has 43 heavy (non-hydrogen) atoms. The van der Waals surface area contributed by atoms with Gasteiger partial charge in [-0.25, -0.2) is 0 Å². The summed E-state index contributed by atoms with van der Waals surface area (Å²) in [6, 6.07) is 11.6. The molecule has 0 aliphatic carbocycles. The van der Waals surface area contributed by atoms with E-state index in [0.29, 0.717) is 54.6 Å². The van der Waals surface area contributed by atoms with Gasteiger partial charge in [-0.05, 0) is 81.8 Å². The number of aliphatic hydroxyl groups is 1. The van der Waals surface area contributed by atoms with Gasteiger partial charge in [0, 0.05) is 18.8 Å². The van der Waals surface area contributed by atoms with Gasteiger partial charge in [0.1, 0.15) is 17.4 Å². The number of amides is 3. The van der Waals surface area contributed by atoms with Crippen LogP contribution in [0, 0.1) is 24.7 Å². The first-order chi connectivity index (χ1) is 20.6. The van der Waals surface area contributed by atoms with Crippen LogP contribution in [0.1, 0.15) is 58.4 Å². The highest BCUT2D eigenvalue weighted by Gasteiger charge is 2.79. The summed E-state index contributed by atoms with van der Waals surface area (Å²) in [6.07, 6.45) is 3.45. The van der Waals surface area contributed by atoms with Crippen LogP contribution >= 0.6 is 11.6 Å². The largest absolute Gasteiger partial charge is 0.494 e. The lowest BCUT2D eigenvalue weighted by Gasteiger charge is -2.36. The Bertz CT molecular complexity index is 1350. The fourth-order valence-corrected chi connectivity index (χ4v) is 7.70. The lowest BCUT2D eigenvalue weighted by molar-refractivity contribution is -0.144. The van der Waals surface area contributed by atoms with Crippen LogP contribution in [-0.4, -0.2) is 64.7 Å². The second kappa shape index (κ2) is 12.5. The van der Waals surface area contributed by atoms with E-state index in [4.69, 9.17) is 21.1 Å². The van der Waals surface area contributed by atoms with Crippen molar-refractivity contribution in [1.82, 2.24) is 4.90 Å². The molecule has 3 amide bonds. The third-order valence-electron chi connectivity index (χ3n) is 9.56. The molecule has 232 valence electrons. The number of hydrogen-bond donors (Lipinski definition) is 3. The highest BCUT2D eigenvalue weighted by molar-refractivity contribution is 6.34. The van der Waals surface area contributed by atoms with Crippen molar-refractivity contribution in [2.75, 3.05) is 30.4 Å². The predicted octanol–water partition coefficient (Wildman–Crippen LogP) is 5.19. The molecule has 2 bridgehead atoms. The molecule has 3 aliphatic heterocycles. The average molecular weight is 612 g/mol. The van der Waals surface area contributed by atoms with Gasteiger partial charge in [0.15, 0.2) is 0 Å². The predicted molar refractivity (Wildman–Crippen MR) is 165 cm³/mol. The Morgan fingerprint density at radius 3 is 2.49 bits per heavy atom. The molecule has 3 fully saturated rings. The molecule has 5 rings (SSSR count). The Labute approximate surface area is 258 Å². The Kier molecular flexibility index (Phi) is 9.07. The van der Waals surface area contributed by atoms with Crippen molar-refractivity contribution in [2.45, 2.75) is 77.0 Å². The van der Waals surface area contributed by atoms with Crippen molar-refractivity contribution in [1.29, 1.82) is 0 Å². The van der Waals surface area contributed by atoms with E-state index in [1.54, 1.807) is 35.2 Å². The molecular weight excluding hydrogens is 570 g/mol. The van der Waals surface area contributed by atoms with Crippen LogP contribution in [0.5, 0.6) is 5.75 Å². The molecule has 0 radical (unpaired) electrons. The third-order valence-corrected chi connectivity index (χ3v) is 9.87. The van der Waals surface area contributed by atoms with Crippen molar-refractivity contribution in [3.05, 3.63) is 53.1 Å². The van der Waals surface area contributed by atoms with Crippen LogP contribution in [0.25, 0.3) is 0 Å². The summed E-state index contributed by atoms with van der Waals surface area (Å²) >= 11 is 6.47. The summed E-state index contributed by atoms with van der Waals surface area (Å²) in [7, 11) is 0. The minimum atomic E-state index is -1.16. The first-order valence-corrected chi connectivity index (χ1v) is 15.7. The van der Waals surface area contributed by atoms with Crippen molar-refractivity contribution < 1.29 is 29.0 Å². The first-order valence-electron chi connectivity index (χ1n) is 15.3. The number of unbranched alkanes of at least 4 members (excludes halogenated alkanes) is 3. The maximum absolute atomic E-state index is 14.3. The van der Waals surface area contributed by atoms with Crippen molar-refractivity contribution in [2.24, 2.45) is 17.8 Å². The quantitative estimate of drug-likeness (QED) is 0.285. The molecular formula is C33H42ClN3O6. The number of halogens is 1. The van der Waals surface area contributed by atoms with E-state index in [0.717, 1.165) is 18.4 Å². The van der Waals surface area contributed by atoms with Crippen molar-refractivity contribution >= 4 is 40.7 Å². The molecule has 3 N–H and O–H groups in total. The van der Waals surface area contributed by atoms with E-state index < -0.39 is 29.1 Å². The summed E-state index contributed by atoms with van der Waals surface area (Å²) in [5, 5.41) is 15.6. The van der Waals surface area contributed by atoms with Crippen LogP contribution in [0.15, 0.2) is 42.5 Å². The molecule has 6 atom stereocenters. The van der Waals surface area contributed by atoms with Gasteiger partial charge in [-0.2, -0.15) is 0 Å². The number of carbonyl (C=O) groups excluding carboxylic acids is 3. The van der Waals surface area contributed by atoms with Crippen LogP contribution < -0.4 is 15.4 Å². The van der Waals surface area contributed by atoms with Crippen LogP contribution in [-0.2, 0) is 19.1 Å². The number of aliphatic hydroxyl groups excluding tert-OH is 1. The number of nitrogens with zero attached hydrogens (tertiary/aromatic N) is 1. The van der Waals surface area contributed by atoms with Gasteiger partial charge in [0.05, 0.1) is 34.8 Å². The highest BCUT2D eigenvalue weighted by Crippen LogP contribution is 2.65. The van der Waals surface area contributed by atoms with E-state index in [1.807, 2.05) is 39.8 Å². The van der Waals surface area contributed by atoms with Gasteiger partial charge in [-0.1, -0.05) is 43.5 Å². The standard InChI is InChI=1S/C33H42ClN3O6/c1-5-42-23-15-13-22(14-16-23)35-29(39)25-26-31(41)37(17-8-6-7-9-18-38)28(33(26)19-21(3)32(25,4)43-33)30(40)36-27-20(2)11-10-12-24(27)34/h10-16,21,25-26,28,38H,5-9,17-19H2,1-4H3,(H,35,39)(H,36,40)/t21?,25-,26-,28?,32+,33?/m0/s1. The van der Waals surface area contributed by atoms with E-state index in [-0.39, 0.29) is 30.2 Å². The van der Waals surface area contributed by atoms with Crippen LogP contribution in [0.2, 0.25) is 5.02 Å². The number of rotatable bonds is 12. The Hall–Kier alpha value is -3.14. The molecule has 3 unspecified atom stereocenters. The Morgan fingerprint density at radius 2 is 1.81 bits per heavy atom. The van der Waals surface area contributed by atoms with Crippen LogP contribution in [0.4, 0.5) is 11.4 Å². The zero-order valence-corrected chi connectivity index (χ0v) is 26.1. The lowest BCUT2D eigenvalue weighted by atomic mass is 9.62. The van der Waals surface area contributed by atoms with E-state index in [2.05, 4.69) is 10.6 Å². The summed E-state index contributed by atoms with van der Waals surface area (Å²) < 4.78 is 12.3.